The molecule has 0 aromatic heterocycles. The summed E-state index contributed by atoms with van der Waals surface area (Å²) in [4.78, 5) is 42.9. The molecule has 31 heavy (non-hydrogen) atoms. The first-order chi connectivity index (χ1) is 14.7. The first-order valence-corrected chi connectivity index (χ1v) is 10.8. The van der Waals surface area contributed by atoms with Gasteiger partial charge in [0.2, 0.25) is 5.91 Å². The number of rotatable bonds is 6. The minimum absolute atomic E-state index is 0.117. The summed E-state index contributed by atoms with van der Waals surface area (Å²) in [6, 6.07) is 7.70. The maximum Gasteiger partial charge on any atom is 0.322 e. The van der Waals surface area contributed by atoms with Crippen LogP contribution in [0.3, 0.4) is 0 Å². The smallest absolute Gasteiger partial charge is 0.322 e. The number of carbonyl (C=O) groups is 3. The molecular weight excluding hydrogens is 398 g/mol. The second-order valence-electron chi connectivity index (χ2n) is 8.95. The van der Waals surface area contributed by atoms with Crippen LogP contribution in [-0.4, -0.2) is 76.7 Å². The summed E-state index contributed by atoms with van der Waals surface area (Å²) in [5.41, 5.74) is 5.93. The molecule has 1 aromatic carbocycles. The van der Waals surface area contributed by atoms with E-state index in [0.717, 1.165) is 5.69 Å². The fourth-order valence-corrected chi connectivity index (χ4v) is 4.45. The van der Waals surface area contributed by atoms with Crippen molar-refractivity contribution in [1.82, 2.24) is 15.1 Å². The van der Waals surface area contributed by atoms with Gasteiger partial charge in [0.15, 0.2) is 0 Å². The summed E-state index contributed by atoms with van der Waals surface area (Å²) < 4.78 is 0. The summed E-state index contributed by atoms with van der Waals surface area (Å²) >= 11 is 0. The third kappa shape index (κ3) is 4.61. The normalized spacial score (nSPS) is 20.3. The molecule has 9 nitrogen and oxygen atoms in total. The van der Waals surface area contributed by atoms with E-state index in [9.17, 15) is 14.4 Å². The van der Waals surface area contributed by atoms with E-state index in [1.165, 1.54) is 0 Å². The van der Waals surface area contributed by atoms with Crippen LogP contribution >= 0.6 is 0 Å². The minimum Gasteiger partial charge on any atom is -0.480 e. The Morgan fingerprint density at radius 3 is 2.32 bits per heavy atom. The van der Waals surface area contributed by atoms with Gasteiger partial charge in [-0.1, -0.05) is 32.0 Å². The zero-order chi connectivity index (χ0) is 22.8. The van der Waals surface area contributed by atoms with Gasteiger partial charge >= 0.3 is 12.0 Å². The van der Waals surface area contributed by atoms with Gasteiger partial charge in [-0.2, -0.15) is 0 Å². The molecule has 0 saturated carbocycles. The van der Waals surface area contributed by atoms with Gasteiger partial charge in [0.1, 0.15) is 11.6 Å². The van der Waals surface area contributed by atoms with Crippen molar-refractivity contribution in [2.24, 2.45) is 11.7 Å². The fourth-order valence-electron chi connectivity index (χ4n) is 4.45. The SMILES string of the molecule is CC(C)CN1CN(c2ccccc2)C2(CCN(C(=O)NC(C)C(N)C(=O)O)CC2)C1=O. The van der Waals surface area contributed by atoms with Crippen LogP contribution in [0, 0.1) is 5.92 Å². The molecule has 2 aliphatic heterocycles. The van der Waals surface area contributed by atoms with E-state index in [1.54, 1.807) is 11.8 Å². The zero-order valence-corrected chi connectivity index (χ0v) is 18.5. The lowest BCUT2D eigenvalue weighted by Crippen LogP contribution is -2.60. The number of benzene rings is 1. The standard InChI is InChI=1S/C22H33N5O4/c1-15(2)13-26-14-27(17-7-5-4-6-8-17)22(20(26)30)9-11-25(12-10-22)21(31)24-16(3)18(23)19(28)29/h4-8,15-16,18H,9-14,23H2,1-3H3,(H,24,31)(H,28,29). The highest BCUT2D eigenvalue weighted by Crippen LogP contribution is 2.39. The quantitative estimate of drug-likeness (QED) is 0.625. The Bertz CT molecular complexity index is 807. The van der Waals surface area contributed by atoms with Gasteiger partial charge in [-0.3, -0.25) is 9.59 Å². The molecular formula is C22H33N5O4. The fraction of sp³-hybridized carbons (Fsp3) is 0.591. The number of nitrogens with one attached hydrogen (secondary N) is 1. The molecule has 2 heterocycles. The van der Waals surface area contributed by atoms with Crippen LogP contribution < -0.4 is 16.0 Å². The van der Waals surface area contributed by atoms with Crippen LogP contribution in [0.15, 0.2) is 30.3 Å². The highest BCUT2D eigenvalue weighted by atomic mass is 16.4. The number of para-hydroxylation sites is 1. The second-order valence-corrected chi connectivity index (χ2v) is 8.95. The Kier molecular flexibility index (Phi) is 6.74. The molecule has 2 unspecified atom stereocenters. The molecule has 9 heteroatoms. The van der Waals surface area contributed by atoms with E-state index in [-0.39, 0.29) is 11.9 Å². The molecule has 3 rings (SSSR count). The molecule has 2 fully saturated rings. The largest absolute Gasteiger partial charge is 0.480 e. The summed E-state index contributed by atoms with van der Waals surface area (Å²) in [7, 11) is 0. The number of hydrogen-bond donors (Lipinski definition) is 3. The van der Waals surface area contributed by atoms with Crippen molar-refractivity contribution in [2.75, 3.05) is 31.2 Å². The number of piperidine rings is 1. The third-order valence-corrected chi connectivity index (χ3v) is 6.22. The van der Waals surface area contributed by atoms with Gasteiger partial charge in [0.25, 0.3) is 0 Å². The molecule has 3 amide bonds. The van der Waals surface area contributed by atoms with Crippen molar-refractivity contribution in [3.63, 3.8) is 0 Å². The number of likely N-dealkylation sites (tertiary alicyclic amines) is 1. The number of carboxylic acids is 1. The van der Waals surface area contributed by atoms with E-state index in [4.69, 9.17) is 10.8 Å². The maximum absolute atomic E-state index is 13.5. The summed E-state index contributed by atoms with van der Waals surface area (Å²) in [6.07, 6.45) is 1.03. The molecule has 2 aliphatic rings. The lowest BCUT2D eigenvalue weighted by atomic mass is 9.85. The van der Waals surface area contributed by atoms with E-state index >= 15 is 0 Å². The van der Waals surface area contributed by atoms with Crippen molar-refractivity contribution >= 4 is 23.6 Å². The number of carboxylic acid groups (broad SMARTS) is 1. The van der Waals surface area contributed by atoms with Crippen LogP contribution in [0.5, 0.6) is 0 Å². The van der Waals surface area contributed by atoms with Gasteiger partial charge in [0, 0.05) is 25.3 Å². The van der Waals surface area contributed by atoms with E-state index in [2.05, 4.69) is 24.1 Å². The number of carbonyl (C=O) groups excluding carboxylic acids is 2. The Morgan fingerprint density at radius 1 is 1.16 bits per heavy atom. The molecule has 0 aliphatic carbocycles. The molecule has 0 bridgehead atoms. The molecule has 170 valence electrons. The number of nitrogens with zero attached hydrogens (tertiary/aromatic N) is 3. The number of nitrogens with two attached hydrogens (primary N) is 1. The molecule has 2 saturated heterocycles. The Labute approximate surface area is 183 Å². The van der Waals surface area contributed by atoms with Crippen molar-refractivity contribution in [3.8, 4) is 0 Å². The van der Waals surface area contributed by atoms with Gasteiger partial charge in [0.05, 0.1) is 12.7 Å². The zero-order valence-electron chi connectivity index (χ0n) is 18.5. The summed E-state index contributed by atoms with van der Waals surface area (Å²) in [6.45, 7) is 7.82. The monoisotopic (exact) mass is 431 g/mol. The van der Waals surface area contributed by atoms with Gasteiger partial charge < -0.3 is 30.9 Å². The third-order valence-electron chi connectivity index (χ3n) is 6.22. The minimum atomic E-state index is -1.17. The van der Waals surface area contributed by atoms with Crippen molar-refractivity contribution in [2.45, 2.75) is 51.2 Å². The average Bonchev–Trinajstić information content (AvgIpc) is 2.99. The van der Waals surface area contributed by atoms with Gasteiger partial charge in [-0.05, 0) is 37.8 Å². The van der Waals surface area contributed by atoms with Gasteiger partial charge in [-0.25, -0.2) is 4.79 Å². The Morgan fingerprint density at radius 2 is 1.77 bits per heavy atom. The lowest BCUT2D eigenvalue weighted by Gasteiger charge is -2.43. The number of urea groups is 1. The number of anilines is 1. The van der Waals surface area contributed by atoms with Crippen LogP contribution in [0.1, 0.15) is 33.6 Å². The Balaban J connectivity index is 1.74. The second kappa shape index (κ2) is 9.13. The first kappa shape index (κ1) is 22.9. The summed E-state index contributed by atoms with van der Waals surface area (Å²) in [5, 5.41) is 11.7. The summed E-state index contributed by atoms with van der Waals surface area (Å²) in [5.74, 6) is -0.681. The molecule has 1 aromatic rings. The highest BCUT2D eigenvalue weighted by molar-refractivity contribution is 5.94. The highest BCUT2D eigenvalue weighted by Gasteiger charge is 2.54. The van der Waals surface area contributed by atoms with Crippen LogP contribution in [0.25, 0.3) is 0 Å². The average molecular weight is 432 g/mol. The van der Waals surface area contributed by atoms with Gasteiger partial charge in [-0.15, -0.1) is 0 Å². The van der Waals surface area contributed by atoms with Crippen molar-refractivity contribution in [3.05, 3.63) is 30.3 Å². The molecule has 2 atom stereocenters. The number of aliphatic carboxylic acids is 1. The maximum atomic E-state index is 13.5. The van der Waals surface area contributed by atoms with Crippen molar-refractivity contribution < 1.29 is 19.5 Å². The topological polar surface area (TPSA) is 119 Å². The number of amides is 3. The van der Waals surface area contributed by atoms with E-state index < -0.39 is 23.6 Å². The van der Waals surface area contributed by atoms with Crippen LogP contribution in [0.4, 0.5) is 10.5 Å². The van der Waals surface area contributed by atoms with Crippen molar-refractivity contribution in [1.29, 1.82) is 0 Å². The number of hydrogen-bond acceptors (Lipinski definition) is 5. The predicted molar refractivity (Wildman–Crippen MR) is 117 cm³/mol. The van der Waals surface area contributed by atoms with E-state index in [1.807, 2.05) is 35.2 Å². The molecule has 4 N–H and O–H groups in total. The molecule has 0 radical (unpaired) electrons. The van der Waals surface area contributed by atoms with E-state index in [0.29, 0.717) is 45.1 Å². The predicted octanol–water partition coefficient (Wildman–Crippen LogP) is 1.29. The van der Waals surface area contributed by atoms with Crippen LogP contribution in [0.2, 0.25) is 0 Å². The Hall–Kier alpha value is -2.81. The molecule has 1 spiro atoms. The lowest BCUT2D eigenvalue weighted by molar-refractivity contribution is -0.139. The van der Waals surface area contributed by atoms with Crippen LogP contribution in [-0.2, 0) is 9.59 Å². The first-order valence-electron chi connectivity index (χ1n) is 10.8.